The Bertz CT molecular complexity index is 433. The molecule has 19 heavy (non-hydrogen) atoms. The second-order valence-corrected chi connectivity index (χ2v) is 6.20. The van der Waals surface area contributed by atoms with Gasteiger partial charge in [0.15, 0.2) is 0 Å². The van der Waals surface area contributed by atoms with E-state index >= 15 is 0 Å². The van der Waals surface area contributed by atoms with Gasteiger partial charge in [0.1, 0.15) is 0 Å². The molecule has 0 saturated carbocycles. The van der Waals surface area contributed by atoms with E-state index in [2.05, 4.69) is 35.9 Å². The van der Waals surface area contributed by atoms with Crippen LogP contribution in [-0.4, -0.2) is 30.7 Å². The van der Waals surface area contributed by atoms with Crippen LogP contribution in [0.5, 0.6) is 0 Å². The van der Waals surface area contributed by atoms with E-state index in [1.54, 1.807) is 11.8 Å². The van der Waals surface area contributed by atoms with Gasteiger partial charge < -0.3 is 9.47 Å². The molecule has 2 atom stereocenters. The highest BCUT2D eigenvalue weighted by atomic mass is 32.2. The maximum absolute atomic E-state index is 11.2. The molecular formula is C15H20O3S. The first-order chi connectivity index (χ1) is 9.20. The normalized spacial score (nSPS) is 19.6. The number of fused-ring (bicyclic) bond motifs is 1. The molecule has 0 aliphatic carbocycles. The van der Waals surface area contributed by atoms with Crippen molar-refractivity contribution in [3.63, 3.8) is 0 Å². The minimum Gasteiger partial charge on any atom is -0.469 e. The number of carbonyl (C=O) groups is 1. The molecule has 2 unspecified atom stereocenters. The number of ether oxygens (including phenoxy) is 2. The summed E-state index contributed by atoms with van der Waals surface area (Å²) in [5.74, 6) is 0.736. The van der Waals surface area contributed by atoms with Gasteiger partial charge in [0.2, 0.25) is 0 Å². The maximum Gasteiger partial charge on any atom is 0.306 e. The quantitative estimate of drug-likeness (QED) is 0.777. The molecule has 0 aromatic heterocycles. The van der Waals surface area contributed by atoms with Gasteiger partial charge >= 0.3 is 5.97 Å². The fourth-order valence-corrected chi connectivity index (χ4v) is 3.28. The lowest BCUT2D eigenvalue weighted by molar-refractivity contribution is -0.140. The van der Waals surface area contributed by atoms with E-state index in [4.69, 9.17) is 4.74 Å². The van der Waals surface area contributed by atoms with Gasteiger partial charge in [0.05, 0.1) is 26.2 Å². The van der Waals surface area contributed by atoms with E-state index in [1.807, 2.05) is 0 Å². The molecule has 0 amide bonds. The van der Waals surface area contributed by atoms with Gasteiger partial charge in [-0.1, -0.05) is 31.2 Å². The number of benzene rings is 1. The molecule has 0 N–H and O–H groups in total. The Labute approximate surface area is 118 Å². The summed E-state index contributed by atoms with van der Waals surface area (Å²) in [5.41, 5.74) is 2.69. The van der Waals surface area contributed by atoms with Crippen LogP contribution in [0.4, 0.5) is 0 Å². The Morgan fingerprint density at radius 3 is 3.11 bits per heavy atom. The number of thioether (sulfide) groups is 1. The molecule has 0 radical (unpaired) electrons. The van der Waals surface area contributed by atoms with Crippen molar-refractivity contribution in [2.45, 2.75) is 31.1 Å². The van der Waals surface area contributed by atoms with Gasteiger partial charge in [-0.15, -0.1) is 0 Å². The molecule has 104 valence electrons. The zero-order valence-electron chi connectivity index (χ0n) is 11.4. The van der Waals surface area contributed by atoms with Crippen LogP contribution in [0, 0.1) is 0 Å². The highest BCUT2D eigenvalue weighted by Crippen LogP contribution is 2.31. The summed E-state index contributed by atoms with van der Waals surface area (Å²) in [6.07, 6.45) is 1.60. The largest absolute Gasteiger partial charge is 0.469 e. The van der Waals surface area contributed by atoms with Crippen LogP contribution >= 0.6 is 11.8 Å². The van der Waals surface area contributed by atoms with E-state index in [1.165, 1.54) is 18.2 Å². The van der Waals surface area contributed by atoms with Crippen molar-refractivity contribution >= 4 is 17.7 Å². The lowest BCUT2D eigenvalue weighted by Gasteiger charge is -2.26. The third-order valence-corrected chi connectivity index (χ3v) is 4.54. The molecule has 0 fully saturated rings. The molecule has 0 saturated heterocycles. The fraction of sp³-hybridized carbons (Fsp3) is 0.533. The summed E-state index contributed by atoms with van der Waals surface area (Å²) in [5, 5.41) is 0.255. The highest BCUT2D eigenvalue weighted by Gasteiger charge is 2.21. The molecule has 1 heterocycles. The van der Waals surface area contributed by atoms with Crippen LogP contribution < -0.4 is 0 Å². The number of esters is 1. The van der Waals surface area contributed by atoms with Crippen molar-refractivity contribution in [3.8, 4) is 0 Å². The number of methoxy groups -OCH3 is 1. The van der Waals surface area contributed by atoms with E-state index in [0.29, 0.717) is 6.42 Å². The van der Waals surface area contributed by atoms with Gasteiger partial charge in [0, 0.05) is 11.0 Å². The van der Waals surface area contributed by atoms with Crippen molar-refractivity contribution in [3.05, 3.63) is 35.4 Å². The zero-order chi connectivity index (χ0) is 13.7. The molecule has 2 rings (SSSR count). The minimum absolute atomic E-state index is 0.148. The molecule has 1 aliphatic heterocycles. The summed E-state index contributed by atoms with van der Waals surface area (Å²) in [4.78, 5) is 11.2. The van der Waals surface area contributed by atoms with E-state index in [-0.39, 0.29) is 17.3 Å². The minimum atomic E-state index is -0.148. The Kier molecular flexibility index (Phi) is 5.28. The lowest BCUT2D eigenvalue weighted by atomic mass is 9.99. The second kappa shape index (κ2) is 6.96. The van der Waals surface area contributed by atoms with Crippen LogP contribution in [0.3, 0.4) is 0 Å². The molecule has 1 aromatic carbocycles. The highest BCUT2D eigenvalue weighted by molar-refractivity contribution is 7.99. The second-order valence-electron chi connectivity index (χ2n) is 4.73. The first-order valence-electron chi connectivity index (χ1n) is 6.58. The monoisotopic (exact) mass is 280 g/mol. The fourth-order valence-electron chi connectivity index (χ4n) is 2.24. The number of carbonyl (C=O) groups excluding carboxylic acids is 1. The van der Waals surface area contributed by atoms with Crippen molar-refractivity contribution in [2.24, 2.45) is 0 Å². The van der Waals surface area contributed by atoms with E-state index in [0.717, 1.165) is 18.8 Å². The molecule has 1 aliphatic rings. The maximum atomic E-state index is 11.2. The topological polar surface area (TPSA) is 35.5 Å². The van der Waals surface area contributed by atoms with Gasteiger partial charge in [-0.3, -0.25) is 4.79 Å². The predicted molar refractivity (Wildman–Crippen MR) is 77.4 cm³/mol. The molecular weight excluding hydrogens is 260 g/mol. The van der Waals surface area contributed by atoms with E-state index in [9.17, 15) is 4.79 Å². The molecule has 3 nitrogen and oxygen atoms in total. The summed E-state index contributed by atoms with van der Waals surface area (Å²) >= 11 is 1.76. The summed E-state index contributed by atoms with van der Waals surface area (Å²) < 4.78 is 10.5. The molecule has 1 aromatic rings. The predicted octanol–water partition coefficient (Wildman–Crippen LogP) is 2.99. The first kappa shape index (κ1) is 14.4. The summed E-state index contributed by atoms with van der Waals surface area (Å²) in [7, 11) is 1.43. The average molecular weight is 280 g/mol. The van der Waals surface area contributed by atoms with Crippen molar-refractivity contribution in [1.82, 2.24) is 0 Å². The standard InChI is InChI=1S/C15H20O3S/c1-11(9-15(16)17-2)19-10-14-13-6-4-3-5-12(13)7-8-18-14/h3-6,11,14H,7-10H2,1-2H3. The van der Waals surface area contributed by atoms with Crippen molar-refractivity contribution < 1.29 is 14.3 Å². The Morgan fingerprint density at radius 1 is 1.53 bits per heavy atom. The van der Waals surface area contributed by atoms with Crippen LogP contribution in [0.25, 0.3) is 0 Å². The number of hydrogen-bond donors (Lipinski definition) is 0. The van der Waals surface area contributed by atoms with Gasteiger partial charge in [0.25, 0.3) is 0 Å². The first-order valence-corrected chi connectivity index (χ1v) is 7.63. The van der Waals surface area contributed by atoms with Gasteiger partial charge in [-0.2, -0.15) is 11.8 Å². The van der Waals surface area contributed by atoms with Gasteiger partial charge in [-0.05, 0) is 17.5 Å². The smallest absolute Gasteiger partial charge is 0.306 e. The Morgan fingerprint density at radius 2 is 2.32 bits per heavy atom. The summed E-state index contributed by atoms with van der Waals surface area (Å²) in [6, 6.07) is 8.45. The summed E-state index contributed by atoms with van der Waals surface area (Å²) in [6.45, 7) is 2.84. The SMILES string of the molecule is COC(=O)CC(C)SCC1OCCc2ccccc21. The van der Waals surface area contributed by atoms with Crippen LogP contribution in [-0.2, 0) is 20.7 Å². The third-order valence-electron chi connectivity index (χ3n) is 3.31. The number of hydrogen-bond acceptors (Lipinski definition) is 4. The number of rotatable bonds is 5. The Balaban J connectivity index is 1.89. The van der Waals surface area contributed by atoms with Crippen LogP contribution in [0.1, 0.15) is 30.6 Å². The zero-order valence-corrected chi connectivity index (χ0v) is 12.2. The van der Waals surface area contributed by atoms with Crippen molar-refractivity contribution in [1.29, 1.82) is 0 Å². The molecule has 0 bridgehead atoms. The average Bonchev–Trinajstić information content (AvgIpc) is 2.44. The Hall–Kier alpha value is -1.00. The molecule has 0 spiro atoms. The van der Waals surface area contributed by atoms with E-state index < -0.39 is 0 Å². The van der Waals surface area contributed by atoms with Gasteiger partial charge in [-0.25, -0.2) is 0 Å². The van der Waals surface area contributed by atoms with Crippen molar-refractivity contribution in [2.75, 3.05) is 19.5 Å². The lowest BCUT2D eigenvalue weighted by Crippen LogP contribution is -2.19. The molecule has 4 heteroatoms. The third kappa shape index (κ3) is 3.98. The van der Waals surface area contributed by atoms with Crippen LogP contribution in [0.15, 0.2) is 24.3 Å². The van der Waals surface area contributed by atoms with Crippen LogP contribution in [0.2, 0.25) is 0 Å².